The molecule has 11 heavy (non-hydrogen) atoms. The van der Waals surface area contributed by atoms with E-state index < -0.39 is 0 Å². The van der Waals surface area contributed by atoms with Gasteiger partial charge in [-0.2, -0.15) is 5.26 Å². The molecule has 0 N–H and O–H groups in total. The summed E-state index contributed by atoms with van der Waals surface area (Å²) in [5.41, 5.74) is 0. The summed E-state index contributed by atoms with van der Waals surface area (Å²) in [7, 11) is 1.60. The zero-order chi connectivity index (χ0) is 8.10. The summed E-state index contributed by atoms with van der Waals surface area (Å²) in [6, 6.07) is 3.55. The van der Waals surface area contributed by atoms with E-state index in [0.717, 1.165) is 10.6 Å². The Balaban J connectivity index is 2.83. The van der Waals surface area contributed by atoms with Gasteiger partial charge in [-0.1, -0.05) is 0 Å². The van der Waals surface area contributed by atoms with Gasteiger partial charge in [0.05, 0.1) is 12.0 Å². The van der Waals surface area contributed by atoms with E-state index in [-0.39, 0.29) is 0 Å². The quantitative estimate of drug-likeness (QED) is 0.589. The van der Waals surface area contributed by atoms with Gasteiger partial charge in [0, 0.05) is 17.4 Å². The molecule has 1 aromatic heterocycles. The molecule has 2 nitrogen and oxygen atoms in total. The van der Waals surface area contributed by atoms with Gasteiger partial charge in [0.1, 0.15) is 5.75 Å². The van der Waals surface area contributed by atoms with E-state index in [1.54, 1.807) is 19.2 Å². The highest BCUT2D eigenvalue weighted by Gasteiger charge is 1.94. The Hall–Kier alpha value is -1.45. The van der Waals surface area contributed by atoms with Gasteiger partial charge in [0.25, 0.3) is 0 Å². The van der Waals surface area contributed by atoms with Gasteiger partial charge in [-0.15, -0.1) is 11.3 Å². The minimum atomic E-state index is 0.789. The molecule has 1 aromatic rings. The van der Waals surface area contributed by atoms with Crippen LogP contribution in [0, 0.1) is 23.2 Å². The average Bonchev–Trinajstić information content (AvgIpc) is 2.48. The maximum Gasteiger partial charge on any atom is 0.152 e. The summed E-state index contributed by atoms with van der Waals surface area (Å²) >= 11 is 1.46. The predicted octanol–water partition coefficient (Wildman–Crippen LogP) is 1.63. The number of nitriles is 1. The van der Waals surface area contributed by atoms with Crippen LogP contribution in [0.1, 0.15) is 4.88 Å². The number of methoxy groups -OCH3 is 1. The number of rotatable bonds is 1. The van der Waals surface area contributed by atoms with E-state index in [1.807, 2.05) is 5.38 Å². The standard InChI is InChI=1S/C8H5NOS/c1-10-7-5-8(11-6-7)3-2-4-9/h5-6H,1H3. The number of hydrogen-bond donors (Lipinski definition) is 0. The van der Waals surface area contributed by atoms with E-state index >= 15 is 0 Å². The van der Waals surface area contributed by atoms with Crippen molar-refractivity contribution in [2.75, 3.05) is 7.11 Å². The lowest BCUT2D eigenvalue weighted by atomic mass is 10.4. The first kappa shape index (κ1) is 7.65. The van der Waals surface area contributed by atoms with Crippen LogP contribution in [0.25, 0.3) is 0 Å². The van der Waals surface area contributed by atoms with E-state index in [2.05, 4.69) is 11.8 Å². The first-order valence-corrected chi connectivity index (χ1v) is 3.77. The fourth-order valence-corrected chi connectivity index (χ4v) is 1.28. The van der Waals surface area contributed by atoms with Crippen molar-refractivity contribution < 1.29 is 4.74 Å². The monoisotopic (exact) mass is 163 g/mol. The van der Waals surface area contributed by atoms with Gasteiger partial charge >= 0.3 is 0 Å². The molecule has 0 radical (unpaired) electrons. The summed E-state index contributed by atoms with van der Waals surface area (Å²) in [6.07, 6.45) is 0. The van der Waals surface area contributed by atoms with Crippen LogP contribution >= 0.6 is 11.3 Å². The minimum absolute atomic E-state index is 0.789. The molecular weight excluding hydrogens is 158 g/mol. The highest BCUT2D eigenvalue weighted by atomic mass is 32.1. The normalized spacial score (nSPS) is 7.64. The Bertz CT molecular complexity index is 337. The maximum atomic E-state index is 8.14. The van der Waals surface area contributed by atoms with E-state index in [9.17, 15) is 0 Å². The van der Waals surface area contributed by atoms with Crippen LogP contribution in [-0.4, -0.2) is 7.11 Å². The van der Waals surface area contributed by atoms with E-state index in [0.29, 0.717) is 0 Å². The Morgan fingerprint density at radius 3 is 3.00 bits per heavy atom. The number of ether oxygens (including phenoxy) is 1. The summed E-state index contributed by atoms with van der Waals surface area (Å²) < 4.78 is 4.93. The maximum absolute atomic E-state index is 8.14. The fraction of sp³-hybridized carbons (Fsp3) is 0.125. The molecule has 0 aliphatic heterocycles. The van der Waals surface area contributed by atoms with E-state index in [4.69, 9.17) is 10.00 Å². The lowest BCUT2D eigenvalue weighted by Gasteiger charge is -1.87. The van der Waals surface area contributed by atoms with Crippen LogP contribution in [0.15, 0.2) is 11.4 Å². The van der Waals surface area contributed by atoms with Gasteiger partial charge in [0.2, 0.25) is 0 Å². The zero-order valence-electron chi connectivity index (χ0n) is 5.92. The van der Waals surface area contributed by atoms with Crippen LogP contribution in [-0.2, 0) is 0 Å². The number of hydrogen-bond acceptors (Lipinski definition) is 3. The molecule has 0 saturated carbocycles. The second kappa shape index (κ2) is 3.65. The molecule has 3 heteroatoms. The second-order valence-corrected chi connectivity index (χ2v) is 2.62. The first-order chi connectivity index (χ1) is 5.36. The van der Waals surface area contributed by atoms with E-state index in [1.165, 1.54) is 11.3 Å². The molecule has 0 aliphatic rings. The lowest BCUT2D eigenvalue weighted by Crippen LogP contribution is -1.75. The van der Waals surface area contributed by atoms with Gasteiger partial charge in [0.15, 0.2) is 6.07 Å². The van der Waals surface area contributed by atoms with Gasteiger partial charge in [-0.3, -0.25) is 0 Å². The number of nitrogens with zero attached hydrogens (tertiary/aromatic N) is 1. The average molecular weight is 163 g/mol. The molecule has 0 aromatic carbocycles. The van der Waals surface area contributed by atoms with Crippen LogP contribution in [0.4, 0.5) is 0 Å². The van der Waals surface area contributed by atoms with Crippen molar-refractivity contribution in [3.05, 3.63) is 16.3 Å². The highest BCUT2D eigenvalue weighted by molar-refractivity contribution is 7.10. The van der Waals surface area contributed by atoms with Crippen molar-refractivity contribution in [2.24, 2.45) is 0 Å². The third kappa shape index (κ3) is 2.00. The fourth-order valence-electron chi connectivity index (χ4n) is 0.581. The molecule has 0 atom stereocenters. The zero-order valence-corrected chi connectivity index (χ0v) is 6.73. The number of thiophene rings is 1. The van der Waals surface area contributed by atoms with Gasteiger partial charge in [-0.25, -0.2) is 0 Å². The van der Waals surface area contributed by atoms with Crippen molar-refractivity contribution in [3.63, 3.8) is 0 Å². The van der Waals surface area contributed by atoms with Gasteiger partial charge < -0.3 is 4.74 Å². The summed E-state index contributed by atoms with van der Waals surface area (Å²) in [5.74, 6) is 5.78. The Kier molecular flexibility index (Phi) is 2.54. The molecule has 0 amide bonds. The molecule has 0 saturated heterocycles. The third-order valence-corrected chi connectivity index (χ3v) is 1.88. The molecule has 1 rings (SSSR count). The first-order valence-electron chi connectivity index (χ1n) is 2.89. The lowest BCUT2D eigenvalue weighted by molar-refractivity contribution is 0.416. The van der Waals surface area contributed by atoms with Crippen molar-refractivity contribution in [2.45, 2.75) is 0 Å². The van der Waals surface area contributed by atoms with Crippen LogP contribution in [0.3, 0.4) is 0 Å². The van der Waals surface area contributed by atoms with Crippen LogP contribution in [0.2, 0.25) is 0 Å². The molecule has 0 unspecified atom stereocenters. The molecule has 1 heterocycles. The third-order valence-electron chi connectivity index (χ3n) is 1.05. The highest BCUT2D eigenvalue weighted by Crippen LogP contribution is 2.19. The molecule has 0 bridgehead atoms. The van der Waals surface area contributed by atoms with Crippen molar-refractivity contribution in [1.82, 2.24) is 0 Å². The Labute approximate surface area is 69.0 Å². The predicted molar refractivity (Wildman–Crippen MR) is 43.4 cm³/mol. The van der Waals surface area contributed by atoms with Gasteiger partial charge in [-0.05, 0) is 5.92 Å². The SMILES string of the molecule is COc1csc(C#CC#N)c1. The summed E-state index contributed by atoms with van der Waals surface area (Å²) in [6.45, 7) is 0. The molecule has 54 valence electrons. The largest absolute Gasteiger partial charge is 0.496 e. The van der Waals surface area contributed by atoms with Crippen LogP contribution < -0.4 is 4.74 Å². The van der Waals surface area contributed by atoms with Crippen molar-refractivity contribution in [1.29, 1.82) is 5.26 Å². The Morgan fingerprint density at radius 2 is 2.45 bits per heavy atom. The molecule has 0 fully saturated rings. The smallest absolute Gasteiger partial charge is 0.152 e. The Morgan fingerprint density at radius 1 is 1.64 bits per heavy atom. The summed E-state index contributed by atoms with van der Waals surface area (Å²) in [4.78, 5) is 0.850. The topological polar surface area (TPSA) is 33.0 Å². The molecular formula is C8H5NOS. The minimum Gasteiger partial charge on any atom is -0.496 e. The summed E-state index contributed by atoms with van der Waals surface area (Å²) in [5, 5.41) is 9.99. The molecule has 0 spiro atoms. The van der Waals surface area contributed by atoms with Crippen molar-refractivity contribution in [3.8, 4) is 23.7 Å². The second-order valence-electron chi connectivity index (χ2n) is 1.71. The van der Waals surface area contributed by atoms with Crippen LogP contribution in [0.5, 0.6) is 5.75 Å². The molecule has 0 aliphatic carbocycles. The van der Waals surface area contributed by atoms with Crippen molar-refractivity contribution >= 4 is 11.3 Å².